The monoisotopic (exact) mass is 267 g/mol. The second-order valence-corrected chi connectivity index (χ2v) is 5.43. The molecule has 0 amide bonds. The van der Waals surface area contributed by atoms with Gasteiger partial charge >= 0.3 is 0 Å². The standard InChI is InChI=1S/C16H26FNO/c1-5-6-13(3)18(4)10-9-16(19)14-8-7-12(2)15(17)11-14/h7-8,11,13,16,19H,5-6,9-10H2,1-4H3. The number of hydrogen-bond donors (Lipinski definition) is 1. The van der Waals surface area contributed by atoms with Crippen molar-refractivity contribution in [1.29, 1.82) is 0 Å². The summed E-state index contributed by atoms with van der Waals surface area (Å²) in [6, 6.07) is 5.48. The lowest BCUT2D eigenvalue weighted by atomic mass is 10.0. The molecule has 0 aliphatic carbocycles. The van der Waals surface area contributed by atoms with Gasteiger partial charge in [-0.1, -0.05) is 25.5 Å². The normalized spacial score (nSPS) is 14.7. The lowest BCUT2D eigenvalue weighted by Gasteiger charge is -2.25. The van der Waals surface area contributed by atoms with E-state index in [1.165, 1.54) is 6.07 Å². The molecular weight excluding hydrogens is 241 g/mol. The predicted molar refractivity (Wildman–Crippen MR) is 77.7 cm³/mol. The average molecular weight is 267 g/mol. The zero-order valence-electron chi connectivity index (χ0n) is 12.5. The van der Waals surface area contributed by atoms with Crippen molar-refractivity contribution in [1.82, 2.24) is 4.90 Å². The highest BCUT2D eigenvalue weighted by Gasteiger charge is 2.13. The molecule has 1 aromatic rings. The summed E-state index contributed by atoms with van der Waals surface area (Å²) in [7, 11) is 2.07. The summed E-state index contributed by atoms with van der Waals surface area (Å²) in [6.07, 6.45) is 2.36. The van der Waals surface area contributed by atoms with Gasteiger partial charge in [-0.15, -0.1) is 0 Å². The molecule has 3 heteroatoms. The highest BCUT2D eigenvalue weighted by Crippen LogP contribution is 2.20. The van der Waals surface area contributed by atoms with E-state index in [9.17, 15) is 9.50 Å². The van der Waals surface area contributed by atoms with Crippen LogP contribution >= 0.6 is 0 Å². The first-order valence-corrected chi connectivity index (χ1v) is 7.10. The van der Waals surface area contributed by atoms with Gasteiger partial charge in [0.15, 0.2) is 0 Å². The van der Waals surface area contributed by atoms with Crippen LogP contribution in [-0.4, -0.2) is 29.6 Å². The Morgan fingerprint density at radius 2 is 2.00 bits per heavy atom. The Balaban J connectivity index is 2.50. The fourth-order valence-electron chi connectivity index (χ4n) is 2.17. The number of benzene rings is 1. The molecule has 0 radical (unpaired) electrons. The zero-order valence-corrected chi connectivity index (χ0v) is 12.5. The predicted octanol–water partition coefficient (Wildman–Crippen LogP) is 3.68. The SMILES string of the molecule is CCCC(C)N(C)CCC(O)c1ccc(C)c(F)c1. The molecule has 19 heavy (non-hydrogen) atoms. The van der Waals surface area contributed by atoms with E-state index < -0.39 is 6.10 Å². The summed E-state index contributed by atoms with van der Waals surface area (Å²) in [5, 5.41) is 10.1. The number of halogens is 1. The Bertz CT molecular complexity index is 394. The summed E-state index contributed by atoms with van der Waals surface area (Å²) in [5.41, 5.74) is 1.28. The number of aryl methyl sites for hydroxylation is 1. The summed E-state index contributed by atoms with van der Waals surface area (Å²) in [6.45, 7) is 6.92. The van der Waals surface area contributed by atoms with Gasteiger partial charge in [0.2, 0.25) is 0 Å². The number of rotatable bonds is 7. The largest absolute Gasteiger partial charge is 0.388 e. The second kappa shape index (κ2) is 7.61. The first-order valence-electron chi connectivity index (χ1n) is 7.10. The van der Waals surface area contributed by atoms with Gasteiger partial charge in [0.1, 0.15) is 5.82 Å². The summed E-state index contributed by atoms with van der Waals surface area (Å²) in [5.74, 6) is -0.246. The molecule has 2 atom stereocenters. The lowest BCUT2D eigenvalue weighted by molar-refractivity contribution is 0.137. The molecule has 0 saturated heterocycles. The average Bonchev–Trinajstić information content (AvgIpc) is 2.39. The van der Waals surface area contributed by atoms with Crippen molar-refractivity contribution in [2.75, 3.05) is 13.6 Å². The van der Waals surface area contributed by atoms with Gasteiger partial charge in [-0.2, -0.15) is 0 Å². The van der Waals surface area contributed by atoms with Gasteiger partial charge in [0, 0.05) is 12.6 Å². The van der Waals surface area contributed by atoms with E-state index in [1.807, 2.05) is 0 Å². The molecule has 108 valence electrons. The van der Waals surface area contributed by atoms with Crippen LogP contribution < -0.4 is 0 Å². The highest BCUT2D eigenvalue weighted by atomic mass is 19.1. The molecule has 0 aliphatic rings. The van der Waals surface area contributed by atoms with Gasteiger partial charge < -0.3 is 10.0 Å². The van der Waals surface area contributed by atoms with E-state index >= 15 is 0 Å². The molecule has 1 N–H and O–H groups in total. The van der Waals surface area contributed by atoms with Crippen LogP contribution in [0.15, 0.2) is 18.2 Å². The third kappa shape index (κ3) is 4.92. The van der Waals surface area contributed by atoms with Gasteiger partial charge in [0.05, 0.1) is 6.10 Å². The van der Waals surface area contributed by atoms with Crippen molar-refractivity contribution in [3.63, 3.8) is 0 Å². The van der Waals surface area contributed by atoms with Crippen LogP contribution in [0, 0.1) is 12.7 Å². The number of aliphatic hydroxyl groups is 1. The molecule has 0 aromatic heterocycles. The molecule has 0 spiro atoms. The maximum Gasteiger partial charge on any atom is 0.126 e. The van der Waals surface area contributed by atoms with Crippen LogP contribution in [0.2, 0.25) is 0 Å². The molecule has 0 heterocycles. The Kier molecular flexibility index (Phi) is 6.46. The van der Waals surface area contributed by atoms with Crippen molar-refractivity contribution < 1.29 is 9.50 Å². The highest BCUT2D eigenvalue weighted by molar-refractivity contribution is 5.24. The maximum absolute atomic E-state index is 13.4. The van der Waals surface area contributed by atoms with Crippen molar-refractivity contribution in [2.24, 2.45) is 0 Å². The van der Waals surface area contributed by atoms with Crippen molar-refractivity contribution in [3.8, 4) is 0 Å². The quantitative estimate of drug-likeness (QED) is 0.814. The molecule has 1 rings (SSSR count). The third-order valence-corrected chi connectivity index (χ3v) is 3.79. The van der Waals surface area contributed by atoms with Crippen LogP contribution in [0.25, 0.3) is 0 Å². The van der Waals surface area contributed by atoms with E-state index in [0.29, 0.717) is 23.6 Å². The topological polar surface area (TPSA) is 23.5 Å². The lowest BCUT2D eigenvalue weighted by Crippen LogP contribution is -2.30. The molecule has 2 unspecified atom stereocenters. The number of nitrogens with zero attached hydrogens (tertiary/aromatic N) is 1. The van der Waals surface area contributed by atoms with Crippen molar-refractivity contribution in [3.05, 3.63) is 35.1 Å². The van der Waals surface area contributed by atoms with Gasteiger partial charge in [0.25, 0.3) is 0 Å². The van der Waals surface area contributed by atoms with Gasteiger partial charge in [-0.05, 0) is 50.9 Å². The molecule has 0 fully saturated rings. The summed E-state index contributed by atoms with van der Waals surface area (Å²) in [4.78, 5) is 2.25. The fraction of sp³-hybridized carbons (Fsp3) is 0.625. The van der Waals surface area contributed by atoms with Crippen molar-refractivity contribution >= 4 is 0 Å². The Labute approximate surface area is 116 Å². The number of aliphatic hydroxyl groups excluding tert-OH is 1. The minimum Gasteiger partial charge on any atom is -0.388 e. The van der Waals surface area contributed by atoms with Crippen LogP contribution in [0.4, 0.5) is 4.39 Å². The molecule has 1 aromatic carbocycles. The molecule has 0 saturated carbocycles. The Morgan fingerprint density at radius 1 is 1.32 bits per heavy atom. The maximum atomic E-state index is 13.4. The van der Waals surface area contributed by atoms with Crippen LogP contribution in [0.5, 0.6) is 0 Å². The van der Waals surface area contributed by atoms with E-state index in [2.05, 4.69) is 25.8 Å². The third-order valence-electron chi connectivity index (χ3n) is 3.79. The molecule has 0 bridgehead atoms. The van der Waals surface area contributed by atoms with E-state index in [4.69, 9.17) is 0 Å². The van der Waals surface area contributed by atoms with Crippen molar-refractivity contribution in [2.45, 2.75) is 52.2 Å². The van der Waals surface area contributed by atoms with Crippen LogP contribution in [-0.2, 0) is 0 Å². The number of hydrogen-bond acceptors (Lipinski definition) is 2. The first kappa shape index (κ1) is 16.1. The zero-order chi connectivity index (χ0) is 14.4. The molecule has 2 nitrogen and oxygen atoms in total. The second-order valence-electron chi connectivity index (χ2n) is 5.43. The van der Waals surface area contributed by atoms with E-state index in [1.54, 1.807) is 19.1 Å². The Hall–Kier alpha value is -0.930. The van der Waals surface area contributed by atoms with Gasteiger partial charge in [-0.3, -0.25) is 0 Å². The summed E-state index contributed by atoms with van der Waals surface area (Å²) >= 11 is 0. The minimum atomic E-state index is -0.591. The smallest absolute Gasteiger partial charge is 0.126 e. The van der Waals surface area contributed by atoms with Crippen LogP contribution in [0.1, 0.15) is 50.3 Å². The first-order chi connectivity index (χ1) is 8.95. The van der Waals surface area contributed by atoms with E-state index in [0.717, 1.165) is 19.4 Å². The van der Waals surface area contributed by atoms with Gasteiger partial charge in [-0.25, -0.2) is 4.39 Å². The molecule has 0 aliphatic heterocycles. The van der Waals surface area contributed by atoms with E-state index in [-0.39, 0.29) is 5.82 Å². The Morgan fingerprint density at radius 3 is 2.58 bits per heavy atom. The fourth-order valence-corrected chi connectivity index (χ4v) is 2.17. The minimum absolute atomic E-state index is 0.246. The molecular formula is C16H26FNO. The van der Waals surface area contributed by atoms with Crippen LogP contribution in [0.3, 0.4) is 0 Å². The summed E-state index contributed by atoms with van der Waals surface area (Å²) < 4.78 is 13.4.